The van der Waals surface area contributed by atoms with Crippen LogP contribution >= 0.6 is 0 Å². The zero-order valence-electron chi connectivity index (χ0n) is 29.1. The van der Waals surface area contributed by atoms with Crippen LogP contribution in [0.15, 0.2) is 174 Å². The van der Waals surface area contributed by atoms with Gasteiger partial charge in [-0.05, 0) is 42.1 Å². The van der Waals surface area contributed by atoms with Gasteiger partial charge in [0.15, 0.2) is 11.6 Å². The third-order valence-corrected chi connectivity index (χ3v) is 10.6. The van der Waals surface area contributed by atoms with Crippen molar-refractivity contribution in [2.45, 2.75) is 12.3 Å². The molecule has 0 spiro atoms. The smallest absolute Gasteiger partial charge is 0.228 e. The summed E-state index contributed by atoms with van der Waals surface area (Å²) < 4.78 is 8.66. The van der Waals surface area contributed by atoms with Crippen LogP contribution in [-0.4, -0.2) is 24.5 Å². The van der Waals surface area contributed by atoms with Gasteiger partial charge in [0.2, 0.25) is 5.71 Å². The van der Waals surface area contributed by atoms with Crippen molar-refractivity contribution in [3.63, 3.8) is 0 Å². The number of pyridine rings is 1. The SMILES string of the molecule is C1=CC(c2nc(-c3ccccc3)nc(-c3cccc(-c4nc5oc6ccccc6c5c5ccccc45)c3)n2)CC=C1n1c2ccccc2c2ccccc21. The molecule has 1 unspecified atom stereocenters. The summed E-state index contributed by atoms with van der Waals surface area (Å²) in [7, 11) is 0. The zero-order valence-corrected chi connectivity index (χ0v) is 29.1. The molecule has 254 valence electrons. The van der Waals surface area contributed by atoms with Gasteiger partial charge in [0.05, 0.1) is 22.1 Å². The molecule has 0 amide bonds. The van der Waals surface area contributed by atoms with Crippen LogP contribution < -0.4 is 0 Å². The largest absolute Gasteiger partial charge is 0.438 e. The molecule has 0 fully saturated rings. The summed E-state index contributed by atoms with van der Waals surface area (Å²) in [6, 6.07) is 52.3. The number of benzene rings is 6. The van der Waals surface area contributed by atoms with E-state index in [2.05, 4.69) is 138 Å². The molecule has 1 aliphatic carbocycles. The molecule has 6 heteroatoms. The summed E-state index contributed by atoms with van der Waals surface area (Å²) in [5.74, 6) is 2.00. The highest BCUT2D eigenvalue weighted by Crippen LogP contribution is 2.39. The number of rotatable bonds is 5. The topological polar surface area (TPSA) is 69.6 Å². The summed E-state index contributed by atoms with van der Waals surface area (Å²) in [5.41, 5.74) is 8.66. The van der Waals surface area contributed by atoms with Gasteiger partial charge in [0, 0.05) is 49.9 Å². The third-order valence-electron chi connectivity index (χ3n) is 10.6. The average molecular weight is 694 g/mol. The highest BCUT2D eigenvalue weighted by atomic mass is 16.3. The van der Waals surface area contributed by atoms with Gasteiger partial charge in [-0.1, -0.05) is 140 Å². The van der Waals surface area contributed by atoms with Crippen LogP contribution in [0.4, 0.5) is 0 Å². The van der Waals surface area contributed by atoms with Crippen molar-refractivity contribution in [3.8, 4) is 34.0 Å². The maximum Gasteiger partial charge on any atom is 0.228 e. The number of aromatic nitrogens is 5. The van der Waals surface area contributed by atoms with Crippen LogP contribution in [0.1, 0.15) is 18.2 Å². The molecule has 6 aromatic carbocycles. The lowest BCUT2D eigenvalue weighted by molar-refractivity contribution is 0.655. The Morgan fingerprint density at radius 1 is 0.519 bits per heavy atom. The van der Waals surface area contributed by atoms with Crippen LogP contribution in [0.2, 0.25) is 0 Å². The first-order valence-electron chi connectivity index (χ1n) is 18.3. The van der Waals surface area contributed by atoms with E-state index in [9.17, 15) is 0 Å². The highest BCUT2D eigenvalue weighted by Gasteiger charge is 2.22. The van der Waals surface area contributed by atoms with Gasteiger partial charge in [-0.25, -0.2) is 19.9 Å². The third kappa shape index (κ3) is 4.88. The molecule has 11 rings (SSSR count). The predicted octanol–water partition coefficient (Wildman–Crippen LogP) is 12.0. The molecule has 10 aromatic rings. The predicted molar refractivity (Wildman–Crippen MR) is 219 cm³/mol. The van der Waals surface area contributed by atoms with Crippen LogP contribution in [0.25, 0.3) is 94.4 Å². The Balaban J connectivity index is 1.01. The second-order valence-corrected chi connectivity index (χ2v) is 13.8. The van der Waals surface area contributed by atoms with Crippen LogP contribution in [0, 0.1) is 0 Å². The van der Waals surface area contributed by atoms with E-state index < -0.39 is 0 Å². The van der Waals surface area contributed by atoms with Crippen LogP contribution in [-0.2, 0) is 0 Å². The summed E-state index contributed by atoms with van der Waals surface area (Å²) in [4.78, 5) is 20.4. The molecule has 4 heterocycles. The van der Waals surface area contributed by atoms with E-state index >= 15 is 0 Å². The fourth-order valence-corrected chi connectivity index (χ4v) is 8.04. The molecule has 1 atom stereocenters. The maximum absolute atomic E-state index is 6.30. The highest BCUT2D eigenvalue weighted by molar-refractivity contribution is 6.20. The Morgan fingerprint density at radius 3 is 1.87 bits per heavy atom. The van der Waals surface area contributed by atoms with Crippen molar-refractivity contribution < 1.29 is 4.42 Å². The molecule has 0 bridgehead atoms. The standard InChI is InChI=1S/C48H31N5O/c1-2-13-30(14-3-1)45-50-46(31-25-27-34(28-26-31)53-40-22-9-6-17-35(40)36-18-7-10-23-41(36)53)52-47(51-45)33-16-12-15-32(29-33)44-38-20-5-4-19-37(38)43-39-21-8-11-24-42(39)54-48(43)49-44/h1-25,27-29,31H,26H2. The number of hydrogen-bond acceptors (Lipinski definition) is 5. The number of allylic oxidation sites excluding steroid dienone is 4. The van der Waals surface area contributed by atoms with Crippen molar-refractivity contribution in [2.75, 3.05) is 0 Å². The quantitative estimate of drug-likeness (QED) is 0.179. The van der Waals surface area contributed by atoms with E-state index in [-0.39, 0.29) is 5.92 Å². The average Bonchev–Trinajstić information content (AvgIpc) is 3.80. The van der Waals surface area contributed by atoms with Gasteiger partial charge in [0.25, 0.3) is 0 Å². The lowest BCUT2D eigenvalue weighted by Crippen LogP contribution is -2.09. The number of nitrogens with zero attached hydrogens (tertiary/aromatic N) is 5. The monoisotopic (exact) mass is 693 g/mol. The fourth-order valence-electron chi connectivity index (χ4n) is 8.04. The molecule has 54 heavy (non-hydrogen) atoms. The molecule has 0 saturated heterocycles. The number of furan rings is 1. The van der Waals surface area contributed by atoms with E-state index in [0.29, 0.717) is 17.4 Å². The van der Waals surface area contributed by atoms with E-state index in [4.69, 9.17) is 24.4 Å². The number of para-hydroxylation sites is 3. The summed E-state index contributed by atoms with van der Waals surface area (Å²) in [5, 5.41) is 6.78. The van der Waals surface area contributed by atoms with Gasteiger partial charge in [0.1, 0.15) is 11.4 Å². The lowest BCUT2D eigenvalue weighted by Gasteiger charge is -2.18. The molecule has 1 aliphatic rings. The van der Waals surface area contributed by atoms with Crippen LogP contribution in [0.5, 0.6) is 0 Å². The Hall–Kier alpha value is -7.18. The molecule has 0 N–H and O–H groups in total. The summed E-state index contributed by atoms with van der Waals surface area (Å²) in [6.07, 6.45) is 7.52. The molecular formula is C48H31N5O. The van der Waals surface area contributed by atoms with E-state index in [0.717, 1.165) is 67.5 Å². The first-order valence-corrected chi connectivity index (χ1v) is 18.3. The molecule has 4 aromatic heterocycles. The second-order valence-electron chi connectivity index (χ2n) is 13.8. The Kier molecular flexibility index (Phi) is 6.89. The fraction of sp³-hybridized carbons (Fsp3) is 0.0417. The molecule has 0 saturated carbocycles. The maximum atomic E-state index is 6.30. The Bertz CT molecular complexity index is 3100. The van der Waals surface area contributed by atoms with Gasteiger partial charge >= 0.3 is 0 Å². The van der Waals surface area contributed by atoms with Crippen molar-refractivity contribution in [3.05, 3.63) is 176 Å². The van der Waals surface area contributed by atoms with Crippen LogP contribution in [0.3, 0.4) is 0 Å². The molecule has 0 radical (unpaired) electrons. The van der Waals surface area contributed by atoms with Crippen molar-refractivity contribution in [1.82, 2.24) is 24.5 Å². The Labute approximate surface area is 310 Å². The van der Waals surface area contributed by atoms with Crippen molar-refractivity contribution in [1.29, 1.82) is 0 Å². The normalized spacial score (nSPS) is 14.4. The van der Waals surface area contributed by atoms with E-state index in [1.807, 2.05) is 36.4 Å². The first kappa shape index (κ1) is 30.4. The first-order chi connectivity index (χ1) is 26.8. The van der Waals surface area contributed by atoms with Crippen molar-refractivity contribution in [2.24, 2.45) is 0 Å². The van der Waals surface area contributed by atoms with E-state index in [1.54, 1.807) is 0 Å². The summed E-state index contributed by atoms with van der Waals surface area (Å²) in [6.45, 7) is 0. The minimum atomic E-state index is -0.0182. The van der Waals surface area contributed by atoms with Gasteiger partial charge < -0.3 is 8.98 Å². The van der Waals surface area contributed by atoms with Gasteiger partial charge in [-0.2, -0.15) is 0 Å². The second kappa shape index (κ2) is 12.2. The van der Waals surface area contributed by atoms with Gasteiger partial charge in [-0.3, -0.25) is 0 Å². The minimum absolute atomic E-state index is 0.0182. The molecular weight excluding hydrogens is 663 g/mol. The zero-order chi connectivity index (χ0) is 35.6. The minimum Gasteiger partial charge on any atom is -0.438 e. The summed E-state index contributed by atoms with van der Waals surface area (Å²) >= 11 is 0. The Morgan fingerprint density at radius 2 is 1.13 bits per heavy atom. The van der Waals surface area contributed by atoms with E-state index in [1.165, 1.54) is 21.8 Å². The molecule has 0 aliphatic heterocycles. The number of hydrogen-bond donors (Lipinski definition) is 0. The molecule has 6 nitrogen and oxygen atoms in total. The van der Waals surface area contributed by atoms with Crippen molar-refractivity contribution >= 4 is 60.3 Å². The van der Waals surface area contributed by atoms with Gasteiger partial charge in [-0.15, -0.1) is 0 Å². The number of fused-ring (bicyclic) bond motifs is 8. The lowest BCUT2D eigenvalue weighted by atomic mass is 9.97.